The molecule has 4 nitrogen and oxygen atoms in total. The third-order valence-corrected chi connectivity index (χ3v) is 2.98. The van der Waals surface area contributed by atoms with Gasteiger partial charge in [0.25, 0.3) is 0 Å². The van der Waals surface area contributed by atoms with Crippen LogP contribution in [0.15, 0.2) is 24.3 Å². The molecule has 0 radical (unpaired) electrons. The van der Waals surface area contributed by atoms with Crippen molar-refractivity contribution in [3.05, 3.63) is 24.3 Å². The van der Waals surface area contributed by atoms with Crippen molar-refractivity contribution in [1.29, 1.82) is 0 Å². The molecular formula is C14H19NO3. The van der Waals surface area contributed by atoms with Crippen LogP contribution in [0.2, 0.25) is 0 Å². The van der Waals surface area contributed by atoms with Gasteiger partial charge in [-0.1, -0.05) is 12.1 Å². The largest absolute Gasteiger partial charge is 0.489 e. The van der Waals surface area contributed by atoms with Gasteiger partial charge in [-0.15, -0.1) is 0 Å². The van der Waals surface area contributed by atoms with E-state index in [0.29, 0.717) is 26.2 Å². The summed E-state index contributed by atoms with van der Waals surface area (Å²) < 4.78 is 10.9. The predicted octanol–water partition coefficient (Wildman–Crippen LogP) is 2.23. The zero-order valence-corrected chi connectivity index (χ0v) is 10.9. The van der Waals surface area contributed by atoms with E-state index in [1.165, 1.54) is 0 Å². The van der Waals surface area contributed by atoms with Crippen molar-refractivity contribution in [1.82, 2.24) is 0 Å². The normalized spacial score (nSPS) is 18.1. The molecule has 1 aromatic carbocycles. The molecule has 1 heterocycles. The van der Waals surface area contributed by atoms with Crippen LogP contribution in [0, 0.1) is 0 Å². The van der Waals surface area contributed by atoms with Crippen LogP contribution in [-0.4, -0.2) is 31.8 Å². The van der Waals surface area contributed by atoms with Gasteiger partial charge in [-0.3, -0.25) is 4.79 Å². The Morgan fingerprint density at radius 2 is 2.28 bits per heavy atom. The molecule has 2 rings (SSSR count). The lowest BCUT2D eigenvalue weighted by Crippen LogP contribution is -2.45. The number of hydrogen-bond acceptors (Lipinski definition) is 3. The first-order chi connectivity index (χ1) is 8.74. The summed E-state index contributed by atoms with van der Waals surface area (Å²) in [6.45, 7) is 5.58. The molecule has 0 spiro atoms. The minimum absolute atomic E-state index is 0.0639. The van der Waals surface area contributed by atoms with E-state index in [-0.39, 0.29) is 11.9 Å². The van der Waals surface area contributed by atoms with Crippen LogP contribution in [0.4, 0.5) is 5.69 Å². The minimum Gasteiger partial charge on any atom is -0.489 e. The average molecular weight is 249 g/mol. The van der Waals surface area contributed by atoms with E-state index in [9.17, 15) is 4.79 Å². The zero-order valence-electron chi connectivity index (χ0n) is 10.9. The highest BCUT2D eigenvalue weighted by molar-refractivity contribution is 5.95. The predicted molar refractivity (Wildman–Crippen MR) is 70.0 cm³/mol. The number of anilines is 1. The van der Waals surface area contributed by atoms with Gasteiger partial charge in [-0.25, -0.2) is 0 Å². The second-order valence-corrected chi connectivity index (χ2v) is 4.34. The van der Waals surface area contributed by atoms with Crippen LogP contribution in [0.1, 0.15) is 20.3 Å². The maximum absolute atomic E-state index is 12.2. The molecule has 98 valence electrons. The van der Waals surface area contributed by atoms with Crippen LogP contribution in [0.25, 0.3) is 0 Å². The number of para-hydroxylation sites is 2. The van der Waals surface area contributed by atoms with E-state index >= 15 is 0 Å². The Morgan fingerprint density at radius 1 is 1.50 bits per heavy atom. The van der Waals surface area contributed by atoms with Gasteiger partial charge in [0.1, 0.15) is 12.4 Å². The van der Waals surface area contributed by atoms with E-state index in [0.717, 1.165) is 11.4 Å². The third kappa shape index (κ3) is 2.64. The van der Waals surface area contributed by atoms with Crippen molar-refractivity contribution in [3.63, 3.8) is 0 Å². The standard InChI is InChI=1S/C14H19NO3/c1-3-17-9-8-14(16)15-11(2)10-18-13-7-5-4-6-12(13)15/h4-7,11H,3,8-10H2,1-2H3/t11-/m1/s1. The topological polar surface area (TPSA) is 38.8 Å². The van der Waals surface area contributed by atoms with Crippen molar-refractivity contribution in [2.75, 3.05) is 24.7 Å². The van der Waals surface area contributed by atoms with E-state index in [2.05, 4.69) is 0 Å². The molecule has 0 unspecified atom stereocenters. The number of ether oxygens (including phenoxy) is 2. The minimum atomic E-state index is 0.0639. The highest BCUT2D eigenvalue weighted by atomic mass is 16.5. The Morgan fingerprint density at radius 3 is 3.06 bits per heavy atom. The molecular weight excluding hydrogens is 230 g/mol. The van der Waals surface area contributed by atoms with Crippen molar-refractivity contribution < 1.29 is 14.3 Å². The maximum atomic E-state index is 12.2. The lowest BCUT2D eigenvalue weighted by atomic mass is 10.1. The Bertz CT molecular complexity index is 419. The molecule has 18 heavy (non-hydrogen) atoms. The molecule has 1 aromatic rings. The van der Waals surface area contributed by atoms with Gasteiger partial charge < -0.3 is 14.4 Å². The van der Waals surface area contributed by atoms with E-state index in [1.54, 1.807) is 0 Å². The van der Waals surface area contributed by atoms with Crippen molar-refractivity contribution in [2.24, 2.45) is 0 Å². The van der Waals surface area contributed by atoms with Crippen LogP contribution in [0.3, 0.4) is 0 Å². The van der Waals surface area contributed by atoms with E-state index in [4.69, 9.17) is 9.47 Å². The highest BCUT2D eigenvalue weighted by Crippen LogP contribution is 2.33. The van der Waals surface area contributed by atoms with E-state index < -0.39 is 0 Å². The van der Waals surface area contributed by atoms with Gasteiger partial charge >= 0.3 is 0 Å². The Labute approximate surface area is 107 Å². The number of benzene rings is 1. The average Bonchev–Trinajstić information content (AvgIpc) is 2.38. The summed E-state index contributed by atoms with van der Waals surface area (Å²) in [7, 11) is 0. The van der Waals surface area contributed by atoms with Gasteiger partial charge in [-0.05, 0) is 26.0 Å². The Balaban J connectivity index is 2.13. The van der Waals surface area contributed by atoms with Gasteiger partial charge in [0.05, 0.1) is 24.8 Å². The monoisotopic (exact) mass is 249 g/mol. The smallest absolute Gasteiger partial charge is 0.229 e. The molecule has 0 N–H and O–H groups in total. The molecule has 4 heteroatoms. The zero-order chi connectivity index (χ0) is 13.0. The lowest BCUT2D eigenvalue weighted by Gasteiger charge is -2.35. The number of amides is 1. The fourth-order valence-corrected chi connectivity index (χ4v) is 2.11. The van der Waals surface area contributed by atoms with Gasteiger partial charge in [0, 0.05) is 6.61 Å². The molecule has 1 atom stereocenters. The molecule has 1 aliphatic rings. The van der Waals surface area contributed by atoms with E-state index in [1.807, 2.05) is 43.0 Å². The van der Waals surface area contributed by atoms with Crippen LogP contribution in [0.5, 0.6) is 5.75 Å². The molecule has 1 amide bonds. The molecule has 0 aliphatic carbocycles. The number of rotatable bonds is 4. The van der Waals surface area contributed by atoms with Crippen LogP contribution < -0.4 is 9.64 Å². The molecule has 0 aromatic heterocycles. The maximum Gasteiger partial charge on any atom is 0.229 e. The fraction of sp³-hybridized carbons (Fsp3) is 0.500. The highest BCUT2D eigenvalue weighted by Gasteiger charge is 2.28. The number of carbonyl (C=O) groups excluding carboxylic acids is 1. The number of hydrogen-bond donors (Lipinski definition) is 0. The summed E-state index contributed by atoms with van der Waals surface area (Å²) in [5.41, 5.74) is 0.859. The first-order valence-electron chi connectivity index (χ1n) is 6.35. The second kappa shape index (κ2) is 5.87. The Kier molecular flexibility index (Phi) is 4.20. The van der Waals surface area contributed by atoms with Gasteiger partial charge in [0.15, 0.2) is 0 Å². The lowest BCUT2D eigenvalue weighted by molar-refractivity contribution is -0.120. The SMILES string of the molecule is CCOCCC(=O)N1c2ccccc2OC[C@H]1C. The van der Waals surface area contributed by atoms with Crippen molar-refractivity contribution in [3.8, 4) is 5.75 Å². The Hall–Kier alpha value is -1.55. The molecule has 0 bridgehead atoms. The van der Waals surface area contributed by atoms with Crippen molar-refractivity contribution >= 4 is 11.6 Å². The molecule has 0 fully saturated rings. The summed E-state index contributed by atoms with van der Waals surface area (Å²) >= 11 is 0. The third-order valence-electron chi connectivity index (χ3n) is 2.98. The fourth-order valence-electron chi connectivity index (χ4n) is 2.11. The molecule has 0 saturated heterocycles. The van der Waals surface area contributed by atoms with Crippen molar-refractivity contribution in [2.45, 2.75) is 26.3 Å². The molecule has 0 saturated carbocycles. The number of nitrogens with zero attached hydrogens (tertiary/aromatic N) is 1. The second-order valence-electron chi connectivity index (χ2n) is 4.34. The van der Waals surface area contributed by atoms with Crippen LogP contribution in [-0.2, 0) is 9.53 Å². The van der Waals surface area contributed by atoms with Gasteiger partial charge in [-0.2, -0.15) is 0 Å². The summed E-state index contributed by atoms with van der Waals surface area (Å²) in [5, 5.41) is 0. The quantitative estimate of drug-likeness (QED) is 0.768. The first kappa shape index (κ1) is 12.9. The summed E-state index contributed by atoms with van der Waals surface area (Å²) in [6.07, 6.45) is 0.409. The summed E-state index contributed by atoms with van der Waals surface area (Å²) in [4.78, 5) is 14.1. The summed E-state index contributed by atoms with van der Waals surface area (Å²) in [5.74, 6) is 0.868. The number of carbonyl (C=O) groups is 1. The summed E-state index contributed by atoms with van der Waals surface area (Å²) in [6, 6.07) is 7.71. The van der Waals surface area contributed by atoms with Crippen LogP contribution >= 0.6 is 0 Å². The first-order valence-corrected chi connectivity index (χ1v) is 6.35. The number of fused-ring (bicyclic) bond motifs is 1. The van der Waals surface area contributed by atoms with Gasteiger partial charge in [0.2, 0.25) is 5.91 Å². The molecule has 1 aliphatic heterocycles.